The number of hydrogen-bond donors (Lipinski definition) is 4. The summed E-state index contributed by atoms with van der Waals surface area (Å²) >= 11 is 0. The number of aromatic nitrogens is 2. The first-order chi connectivity index (χ1) is 6.06. The van der Waals surface area contributed by atoms with Gasteiger partial charge in [-0.1, -0.05) is 0 Å². The Bertz CT molecular complexity index is 444. The van der Waals surface area contributed by atoms with Crippen molar-refractivity contribution in [1.29, 1.82) is 0 Å². The fourth-order valence-electron chi connectivity index (χ4n) is 0.890. The number of aromatic amines is 2. The number of nitrogens with two attached hydrogens (primary N) is 1. The third-order valence-corrected chi connectivity index (χ3v) is 1.46. The van der Waals surface area contributed by atoms with Gasteiger partial charge in [-0.25, -0.2) is 9.59 Å². The van der Waals surface area contributed by atoms with Crippen molar-refractivity contribution in [3.8, 4) is 0 Å². The highest BCUT2D eigenvalue weighted by atomic mass is 16.4. The quantitative estimate of drug-likeness (QED) is 0.433. The topological polar surface area (TPSA) is 129 Å². The molecule has 70 valence electrons. The van der Waals surface area contributed by atoms with E-state index in [1.165, 1.54) is 0 Å². The normalized spacial score (nSPS) is 9.92. The second-order valence-corrected chi connectivity index (χ2v) is 2.27. The summed E-state index contributed by atoms with van der Waals surface area (Å²) in [5.74, 6) is -1.39. The van der Waals surface area contributed by atoms with E-state index in [0.29, 0.717) is 0 Å². The molecule has 13 heavy (non-hydrogen) atoms. The summed E-state index contributed by atoms with van der Waals surface area (Å²) in [6.45, 7) is -0.242. The van der Waals surface area contributed by atoms with Crippen molar-refractivity contribution in [2.45, 2.75) is 6.54 Å². The molecule has 0 aliphatic heterocycles. The Morgan fingerprint density at radius 3 is 2.46 bits per heavy atom. The molecule has 0 saturated carbocycles. The van der Waals surface area contributed by atoms with Crippen molar-refractivity contribution in [3.05, 3.63) is 32.1 Å². The van der Waals surface area contributed by atoms with Crippen LogP contribution in [0.4, 0.5) is 0 Å². The Hall–Kier alpha value is -1.89. The molecule has 5 N–H and O–H groups in total. The van der Waals surface area contributed by atoms with Crippen LogP contribution in [-0.4, -0.2) is 21.0 Å². The molecule has 0 unspecified atom stereocenters. The molecule has 0 amide bonds. The SMILES string of the molecule is NCc1c(C(=O)O)[nH]c(=O)[nH]c1=O. The summed E-state index contributed by atoms with van der Waals surface area (Å²) in [5.41, 5.74) is 2.89. The predicted octanol–water partition coefficient (Wildman–Crippen LogP) is -1.78. The third-order valence-electron chi connectivity index (χ3n) is 1.46. The summed E-state index contributed by atoms with van der Waals surface area (Å²) in [5, 5.41) is 8.57. The minimum atomic E-state index is -1.39. The summed E-state index contributed by atoms with van der Waals surface area (Å²) in [7, 11) is 0. The van der Waals surface area contributed by atoms with Crippen molar-refractivity contribution < 1.29 is 9.90 Å². The number of carbonyl (C=O) groups is 1. The van der Waals surface area contributed by atoms with Crippen LogP contribution < -0.4 is 17.0 Å². The van der Waals surface area contributed by atoms with Gasteiger partial charge in [-0.05, 0) is 0 Å². The van der Waals surface area contributed by atoms with E-state index in [-0.39, 0.29) is 12.1 Å². The molecule has 0 spiro atoms. The van der Waals surface area contributed by atoms with Crippen LogP contribution in [0.15, 0.2) is 9.59 Å². The number of H-pyrrole nitrogens is 2. The van der Waals surface area contributed by atoms with Gasteiger partial charge >= 0.3 is 11.7 Å². The van der Waals surface area contributed by atoms with Crippen LogP contribution >= 0.6 is 0 Å². The minimum absolute atomic E-state index is 0.146. The fraction of sp³-hybridized carbons (Fsp3) is 0.167. The average molecular weight is 185 g/mol. The van der Waals surface area contributed by atoms with Crippen LogP contribution in [0.1, 0.15) is 16.1 Å². The van der Waals surface area contributed by atoms with Crippen LogP contribution in [0.5, 0.6) is 0 Å². The molecule has 1 aromatic rings. The molecule has 1 rings (SSSR count). The van der Waals surface area contributed by atoms with Crippen LogP contribution in [0, 0.1) is 0 Å². The van der Waals surface area contributed by atoms with Crippen LogP contribution in [0.2, 0.25) is 0 Å². The Balaban J connectivity index is 3.57. The molecule has 0 aliphatic carbocycles. The Morgan fingerprint density at radius 2 is 2.00 bits per heavy atom. The number of carboxylic acids is 1. The number of hydrogen-bond acceptors (Lipinski definition) is 4. The monoisotopic (exact) mass is 185 g/mol. The highest BCUT2D eigenvalue weighted by Gasteiger charge is 2.13. The van der Waals surface area contributed by atoms with Gasteiger partial charge in [0.2, 0.25) is 0 Å². The Morgan fingerprint density at radius 1 is 1.38 bits per heavy atom. The molecular formula is C6H7N3O4. The summed E-state index contributed by atoms with van der Waals surface area (Å²) in [4.78, 5) is 36.0. The average Bonchev–Trinajstić information content (AvgIpc) is 2.02. The second-order valence-electron chi connectivity index (χ2n) is 2.27. The maximum atomic E-state index is 11.0. The van der Waals surface area contributed by atoms with E-state index in [2.05, 4.69) is 0 Å². The molecule has 1 aromatic heterocycles. The van der Waals surface area contributed by atoms with Gasteiger partial charge in [0.1, 0.15) is 5.69 Å². The van der Waals surface area contributed by atoms with Gasteiger partial charge in [0.25, 0.3) is 5.56 Å². The maximum Gasteiger partial charge on any atom is 0.352 e. The lowest BCUT2D eigenvalue weighted by Gasteiger charge is -1.99. The van der Waals surface area contributed by atoms with E-state index in [1.54, 1.807) is 0 Å². The van der Waals surface area contributed by atoms with Gasteiger partial charge in [0.15, 0.2) is 0 Å². The molecule has 0 atom stereocenters. The lowest BCUT2D eigenvalue weighted by atomic mass is 10.2. The molecule has 0 fully saturated rings. The van der Waals surface area contributed by atoms with Crippen molar-refractivity contribution in [3.63, 3.8) is 0 Å². The van der Waals surface area contributed by atoms with E-state index < -0.39 is 22.9 Å². The van der Waals surface area contributed by atoms with Gasteiger partial charge in [0.05, 0.1) is 5.56 Å². The van der Waals surface area contributed by atoms with Gasteiger partial charge < -0.3 is 15.8 Å². The third kappa shape index (κ3) is 1.64. The molecule has 0 aliphatic rings. The van der Waals surface area contributed by atoms with E-state index >= 15 is 0 Å². The maximum absolute atomic E-state index is 11.0. The molecule has 1 heterocycles. The van der Waals surface area contributed by atoms with Crippen molar-refractivity contribution in [1.82, 2.24) is 9.97 Å². The Kier molecular flexibility index (Phi) is 2.29. The molecule has 0 radical (unpaired) electrons. The first-order valence-corrected chi connectivity index (χ1v) is 3.35. The predicted molar refractivity (Wildman–Crippen MR) is 42.5 cm³/mol. The van der Waals surface area contributed by atoms with Crippen LogP contribution in [-0.2, 0) is 6.54 Å². The number of rotatable bonds is 2. The summed E-state index contributed by atoms with van der Waals surface area (Å²) in [6.07, 6.45) is 0. The van der Waals surface area contributed by atoms with Gasteiger partial charge in [-0.2, -0.15) is 0 Å². The van der Waals surface area contributed by atoms with E-state index in [0.717, 1.165) is 0 Å². The molecular weight excluding hydrogens is 178 g/mol. The molecule has 0 bridgehead atoms. The highest BCUT2D eigenvalue weighted by Crippen LogP contribution is 1.94. The van der Waals surface area contributed by atoms with E-state index in [4.69, 9.17) is 10.8 Å². The summed E-state index contributed by atoms with van der Waals surface area (Å²) in [6, 6.07) is 0. The summed E-state index contributed by atoms with van der Waals surface area (Å²) < 4.78 is 0. The first-order valence-electron chi connectivity index (χ1n) is 3.35. The number of aromatic carboxylic acids is 1. The van der Waals surface area contributed by atoms with Gasteiger partial charge in [0, 0.05) is 6.54 Å². The number of nitrogens with one attached hydrogen (secondary N) is 2. The van der Waals surface area contributed by atoms with Crippen molar-refractivity contribution in [2.24, 2.45) is 5.73 Å². The Labute approximate surface area is 71.2 Å². The van der Waals surface area contributed by atoms with E-state index in [1.807, 2.05) is 9.97 Å². The van der Waals surface area contributed by atoms with Crippen LogP contribution in [0.3, 0.4) is 0 Å². The molecule has 7 heteroatoms. The zero-order chi connectivity index (χ0) is 10.0. The minimum Gasteiger partial charge on any atom is -0.477 e. The molecule has 7 nitrogen and oxygen atoms in total. The van der Waals surface area contributed by atoms with Gasteiger partial charge in [-0.15, -0.1) is 0 Å². The smallest absolute Gasteiger partial charge is 0.352 e. The fourth-order valence-corrected chi connectivity index (χ4v) is 0.890. The highest BCUT2D eigenvalue weighted by molar-refractivity contribution is 5.86. The second kappa shape index (κ2) is 3.23. The molecule has 0 saturated heterocycles. The zero-order valence-electron chi connectivity index (χ0n) is 6.46. The molecule has 0 aromatic carbocycles. The van der Waals surface area contributed by atoms with Gasteiger partial charge in [-0.3, -0.25) is 9.78 Å². The first kappa shape index (κ1) is 9.20. The van der Waals surface area contributed by atoms with Crippen LogP contribution in [0.25, 0.3) is 0 Å². The zero-order valence-corrected chi connectivity index (χ0v) is 6.46. The van der Waals surface area contributed by atoms with Crippen molar-refractivity contribution >= 4 is 5.97 Å². The lowest BCUT2D eigenvalue weighted by Crippen LogP contribution is -2.31. The van der Waals surface area contributed by atoms with Crippen molar-refractivity contribution in [2.75, 3.05) is 0 Å². The lowest BCUT2D eigenvalue weighted by molar-refractivity contribution is 0.0688. The largest absolute Gasteiger partial charge is 0.477 e. The standard InChI is InChI=1S/C6H7N3O4/c7-1-2-3(5(11)12)8-6(13)9-4(2)10/h1,7H2,(H,11,12)(H2,8,9,10,13). The number of carboxylic acid groups (broad SMARTS) is 1. The van der Waals surface area contributed by atoms with E-state index in [9.17, 15) is 14.4 Å².